The summed E-state index contributed by atoms with van der Waals surface area (Å²) in [5.74, 6) is 0.551. The number of carbonyl (C=O) groups is 1. The number of halogens is 2. The summed E-state index contributed by atoms with van der Waals surface area (Å²) >= 11 is 11.4. The second-order valence-corrected chi connectivity index (χ2v) is 4.04. The zero-order chi connectivity index (χ0) is 12.4. The van der Waals surface area contributed by atoms with Crippen LogP contribution in [0, 0.1) is 6.92 Å². The molecule has 0 atom stereocenters. The van der Waals surface area contributed by atoms with E-state index < -0.39 is 0 Å². The number of aryl methyl sites for hydroxylation is 1. The van der Waals surface area contributed by atoms with Crippen LogP contribution in [0.4, 0.5) is 5.82 Å². The zero-order valence-electron chi connectivity index (χ0n) is 8.70. The van der Waals surface area contributed by atoms with Crippen LogP contribution in [0.3, 0.4) is 0 Å². The average molecular weight is 272 g/mol. The monoisotopic (exact) mass is 271 g/mol. The van der Waals surface area contributed by atoms with Crippen molar-refractivity contribution in [2.24, 2.45) is 0 Å². The maximum atomic E-state index is 11.8. The Balaban J connectivity index is 2.17. The van der Waals surface area contributed by atoms with Crippen molar-refractivity contribution in [1.82, 2.24) is 10.1 Å². The summed E-state index contributed by atoms with van der Waals surface area (Å²) in [4.78, 5) is 15.5. The molecule has 0 unspecified atom stereocenters. The smallest absolute Gasteiger partial charge is 0.258 e. The molecule has 0 aliphatic heterocycles. The first-order valence-corrected chi connectivity index (χ1v) is 5.37. The molecule has 1 N–H and O–H groups in total. The topological polar surface area (TPSA) is 68.0 Å². The van der Waals surface area contributed by atoms with Crippen molar-refractivity contribution in [3.05, 3.63) is 39.8 Å². The SMILES string of the molecule is Cc1cc(NC(=O)c2cnc(Cl)c(Cl)c2)no1. The molecule has 0 bridgehead atoms. The van der Waals surface area contributed by atoms with Crippen molar-refractivity contribution >= 4 is 34.9 Å². The Morgan fingerprint density at radius 3 is 2.76 bits per heavy atom. The largest absolute Gasteiger partial charge is 0.360 e. The minimum Gasteiger partial charge on any atom is -0.360 e. The number of aromatic nitrogens is 2. The lowest BCUT2D eigenvalue weighted by molar-refractivity contribution is 0.102. The molecule has 7 heteroatoms. The van der Waals surface area contributed by atoms with E-state index in [1.165, 1.54) is 12.3 Å². The Kier molecular flexibility index (Phi) is 3.31. The highest BCUT2D eigenvalue weighted by Gasteiger charge is 2.11. The van der Waals surface area contributed by atoms with E-state index in [1.54, 1.807) is 13.0 Å². The van der Waals surface area contributed by atoms with Gasteiger partial charge in [0.1, 0.15) is 10.9 Å². The lowest BCUT2D eigenvalue weighted by Gasteiger charge is -2.01. The van der Waals surface area contributed by atoms with E-state index in [0.29, 0.717) is 17.1 Å². The van der Waals surface area contributed by atoms with Gasteiger partial charge >= 0.3 is 0 Å². The third-order valence-corrected chi connectivity index (χ3v) is 2.61. The van der Waals surface area contributed by atoms with Gasteiger partial charge in [-0.2, -0.15) is 0 Å². The van der Waals surface area contributed by atoms with Gasteiger partial charge in [0.15, 0.2) is 5.82 Å². The maximum absolute atomic E-state index is 11.8. The van der Waals surface area contributed by atoms with Crippen LogP contribution in [-0.2, 0) is 0 Å². The van der Waals surface area contributed by atoms with E-state index in [4.69, 9.17) is 27.7 Å². The van der Waals surface area contributed by atoms with E-state index in [9.17, 15) is 4.79 Å². The molecule has 0 aromatic carbocycles. The van der Waals surface area contributed by atoms with Crippen molar-refractivity contribution < 1.29 is 9.32 Å². The molecule has 2 rings (SSSR count). The van der Waals surface area contributed by atoms with Gasteiger partial charge in [-0.15, -0.1) is 0 Å². The van der Waals surface area contributed by atoms with E-state index >= 15 is 0 Å². The Morgan fingerprint density at radius 2 is 2.18 bits per heavy atom. The molecule has 0 radical (unpaired) electrons. The van der Waals surface area contributed by atoms with Crippen molar-refractivity contribution in [3.8, 4) is 0 Å². The summed E-state index contributed by atoms with van der Waals surface area (Å²) in [6.45, 7) is 1.73. The number of amides is 1. The van der Waals surface area contributed by atoms with Crippen LogP contribution in [-0.4, -0.2) is 16.0 Å². The van der Waals surface area contributed by atoms with Crippen LogP contribution in [0.25, 0.3) is 0 Å². The molecule has 0 aliphatic carbocycles. The number of hydrogen-bond donors (Lipinski definition) is 1. The number of nitrogens with one attached hydrogen (secondary N) is 1. The fourth-order valence-corrected chi connectivity index (χ4v) is 1.43. The van der Waals surface area contributed by atoms with Gasteiger partial charge in [0.25, 0.3) is 5.91 Å². The lowest BCUT2D eigenvalue weighted by atomic mass is 10.2. The summed E-state index contributed by atoms with van der Waals surface area (Å²) in [6.07, 6.45) is 1.33. The number of pyridine rings is 1. The second kappa shape index (κ2) is 4.73. The first-order valence-electron chi connectivity index (χ1n) is 4.62. The minimum absolute atomic E-state index is 0.153. The average Bonchev–Trinajstić information content (AvgIpc) is 2.68. The van der Waals surface area contributed by atoms with Crippen LogP contribution >= 0.6 is 23.2 Å². The predicted molar refractivity (Wildman–Crippen MR) is 63.5 cm³/mol. The first-order chi connectivity index (χ1) is 8.06. The van der Waals surface area contributed by atoms with Crippen LogP contribution in [0.15, 0.2) is 22.9 Å². The molecule has 0 spiro atoms. The summed E-state index contributed by atoms with van der Waals surface area (Å²) in [6, 6.07) is 3.03. The lowest BCUT2D eigenvalue weighted by Crippen LogP contribution is -2.12. The summed E-state index contributed by atoms with van der Waals surface area (Å²) in [5.41, 5.74) is 0.292. The Bertz CT molecular complexity index is 568. The van der Waals surface area contributed by atoms with E-state index in [-0.39, 0.29) is 16.1 Å². The van der Waals surface area contributed by atoms with Crippen molar-refractivity contribution in [1.29, 1.82) is 0 Å². The highest BCUT2D eigenvalue weighted by Crippen LogP contribution is 2.20. The zero-order valence-corrected chi connectivity index (χ0v) is 10.2. The molecule has 0 fully saturated rings. The van der Waals surface area contributed by atoms with E-state index in [1.807, 2.05) is 0 Å². The van der Waals surface area contributed by atoms with Crippen LogP contribution in [0.1, 0.15) is 16.1 Å². The molecular weight excluding hydrogens is 265 g/mol. The standard InChI is InChI=1S/C10H7Cl2N3O2/c1-5-2-8(15-17-5)14-10(16)6-3-7(11)9(12)13-4-6/h2-4H,1H3,(H,14,15,16). The van der Waals surface area contributed by atoms with Gasteiger partial charge in [0, 0.05) is 12.3 Å². The van der Waals surface area contributed by atoms with Crippen molar-refractivity contribution in [3.63, 3.8) is 0 Å². The normalized spacial score (nSPS) is 10.3. The molecule has 2 heterocycles. The number of hydrogen-bond acceptors (Lipinski definition) is 4. The molecule has 0 saturated heterocycles. The second-order valence-electron chi connectivity index (χ2n) is 3.27. The van der Waals surface area contributed by atoms with Gasteiger partial charge in [0.2, 0.25) is 0 Å². The van der Waals surface area contributed by atoms with Gasteiger partial charge in [-0.25, -0.2) is 4.98 Å². The molecule has 88 valence electrons. The molecule has 5 nitrogen and oxygen atoms in total. The van der Waals surface area contributed by atoms with Crippen molar-refractivity contribution in [2.45, 2.75) is 6.92 Å². The third kappa shape index (κ3) is 2.75. The Morgan fingerprint density at radius 1 is 1.41 bits per heavy atom. The molecule has 0 saturated carbocycles. The third-order valence-electron chi connectivity index (χ3n) is 1.93. The molecule has 1 amide bonds. The van der Waals surface area contributed by atoms with Crippen LogP contribution < -0.4 is 5.32 Å². The highest BCUT2D eigenvalue weighted by molar-refractivity contribution is 6.41. The number of anilines is 1. The Hall–Kier alpha value is -1.59. The quantitative estimate of drug-likeness (QED) is 0.853. The van der Waals surface area contributed by atoms with Gasteiger partial charge < -0.3 is 9.84 Å². The molecule has 17 heavy (non-hydrogen) atoms. The van der Waals surface area contributed by atoms with Gasteiger partial charge in [-0.05, 0) is 13.0 Å². The Labute approximate surface area is 107 Å². The fraction of sp³-hybridized carbons (Fsp3) is 0.100. The van der Waals surface area contributed by atoms with Gasteiger partial charge in [-0.3, -0.25) is 4.79 Å². The fourth-order valence-electron chi connectivity index (χ4n) is 1.16. The highest BCUT2D eigenvalue weighted by atomic mass is 35.5. The number of nitrogens with zero attached hydrogens (tertiary/aromatic N) is 2. The summed E-state index contributed by atoms with van der Waals surface area (Å²) < 4.78 is 4.82. The van der Waals surface area contributed by atoms with Crippen molar-refractivity contribution in [2.75, 3.05) is 5.32 Å². The summed E-state index contributed by atoms with van der Waals surface area (Å²) in [5, 5.41) is 6.55. The van der Waals surface area contributed by atoms with Crippen LogP contribution in [0.2, 0.25) is 10.2 Å². The number of rotatable bonds is 2. The van der Waals surface area contributed by atoms with Gasteiger partial charge in [-0.1, -0.05) is 28.4 Å². The maximum Gasteiger partial charge on any atom is 0.258 e. The van der Waals surface area contributed by atoms with Gasteiger partial charge in [0.05, 0.1) is 10.6 Å². The van der Waals surface area contributed by atoms with E-state index in [0.717, 1.165) is 0 Å². The van der Waals surface area contributed by atoms with Crippen LogP contribution in [0.5, 0.6) is 0 Å². The molecule has 2 aromatic rings. The minimum atomic E-state index is -0.385. The number of carbonyl (C=O) groups excluding carboxylic acids is 1. The predicted octanol–water partition coefficient (Wildman–Crippen LogP) is 2.94. The molecule has 0 aliphatic rings. The first kappa shape index (κ1) is 11.9. The summed E-state index contributed by atoms with van der Waals surface area (Å²) in [7, 11) is 0. The molecule has 2 aromatic heterocycles. The van der Waals surface area contributed by atoms with E-state index in [2.05, 4.69) is 15.5 Å². The molecular formula is C10H7Cl2N3O2.